The lowest BCUT2D eigenvalue weighted by atomic mass is 10.2. The first-order valence-corrected chi connectivity index (χ1v) is 4.71. The number of hydrogen-bond donors (Lipinski definition) is 1. The zero-order chi connectivity index (χ0) is 10.5. The molecule has 80 valence electrons. The van der Waals surface area contributed by atoms with Crippen LogP contribution in [0.25, 0.3) is 0 Å². The summed E-state index contributed by atoms with van der Waals surface area (Å²) in [6.07, 6.45) is 0. The van der Waals surface area contributed by atoms with E-state index in [1.165, 1.54) is 0 Å². The van der Waals surface area contributed by atoms with Gasteiger partial charge >= 0.3 is 0 Å². The molecule has 0 radical (unpaired) electrons. The summed E-state index contributed by atoms with van der Waals surface area (Å²) in [5, 5.41) is 0. The summed E-state index contributed by atoms with van der Waals surface area (Å²) in [4.78, 5) is 1.73. The molecule has 0 bridgehead atoms. The van der Waals surface area contributed by atoms with Crippen molar-refractivity contribution in [2.45, 2.75) is 26.7 Å². The SMILES string of the molecule is CCN(CC(C)C)CC(F)(F)CN. The number of hydrogen-bond acceptors (Lipinski definition) is 2. The van der Waals surface area contributed by atoms with E-state index in [1.54, 1.807) is 4.90 Å². The highest BCUT2D eigenvalue weighted by molar-refractivity contribution is 4.73. The lowest BCUT2D eigenvalue weighted by Crippen LogP contribution is -2.43. The molecule has 0 aromatic heterocycles. The molecule has 0 rings (SSSR count). The highest BCUT2D eigenvalue weighted by Crippen LogP contribution is 2.13. The van der Waals surface area contributed by atoms with Crippen LogP contribution < -0.4 is 5.73 Å². The molecule has 0 aliphatic heterocycles. The van der Waals surface area contributed by atoms with Crippen LogP contribution >= 0.6 is 0 Å². The van der Waals surface area contributed by atoms with Gasteiger partial charge in [-0.25, -0.2) is 8.78 Å². The van der Waals surface area contributed by atoms with E-state index in [2.05, 4.69) is 0 Å². The molecule has 2 nitrogen and oxygen atoms in total. The third-order valence-electron chi connectivity index (χ3n) is 1.82. The number of halogens is 2. The van der Waals surface area contributed by atoms with E-state index >= 15 is 0 Å². The summed E-state index contributed by atoms with van der Waals surface area (Å²) in [7, 11) is 0. The lowest BCUT2D eigenvalue weighted by Gasteiger charge is -2.26. The predicted octanol–water partition coefficient (Wildman–Crippen LogP) is 1.56. The van der Waals surface area contributed by atoms with E-state index < -0.39 is 12.5 Å². The molecule has 13 heavy (non-hydrogen) atoms. The third-order valence-corrected chi connectivity index (χ3v) is 1.82. The van der Waals surface area contributed by atoms with Crippen LogP contribution in [0.2, 0.25) is 0 Å². The van der Waals surface area contributed by atoms with Crippen molar-refractivity contribution in [2.75, 3.05) is 26.2 Å². The van der Waals surface area contributed by atoms with Gasteiger partial charge in [0.1, 0.15) is 0 Å². The van der Waals surface area contributed by atoms with Gasteiger partial charge < -0.3 is 5.73 Å². The molecule has 0 fully saturated rings. The normalized spacial score (nSPS) is 12.9. The Morgan fingerprint density at radius 3 is 2.23 bits per heavy atom. The minimum atomic E-state index is -2.75. The van der Waals surface area contributed by atoms with Crippen molar-refractivity contribution in [1.82, 2.24) is 4.90 Å². The zero-order valence-electron chi connectivity index (χ0n) is 8.69. The van der Waals surface area contributed by atoms with Crippen molar-refractivity contribution in [3.05, 3.63) is 0 Å². The van der Waals surface area contributed by atoms with E-state index in [4.69, 9.17) is 5.73 Å². The number of rotatable bonds is 6. The zero-order valence-corrected chi connectivity index (χ0v) is 8.69. The first-order chi connectivity index (χ1) is 5.91. The highest BCUT2D eigenvalue weighted by Gasteiger charge is 2.29. The fourth-order valence-corrected chi connectivity index (χ4v) is 1.21. The standard InChI is InChI=1S/C9H20F2N2/c1-4-13(5-8(2)3)7-9(10,11)6-12/h8H,4-7,12H2,1-3H3. The molecule has 0 amide bonds. The molecule has 0 saturated heterocycles. The smallest absolute Gasteiger partial charge is 0.272 e. The number of nitrogens with zero attached hydrogens (tertiary/aromatic N) is 1. The van der Waals surface area contributed by atoms with E-state index in [0.717, 1.165) is 0 Å². The Hall–Kier alpha value is -0.220. The first-order valence-electron chi connectivity index (χ1n) is 4.71. The minimum absolute atomic E-state index is 0.224. The van der Waals surface area contributed by atoms with E-state index in [1.807, 2.05) is 20.8 Å². The van der Waals surface area contributed by atoms with Crippen molar-refractivity contribution in [1.29, 1.82) is 0 Å². The van der Waals surface area contributed by atoms with E-state index in [9.17, 15) is 8.78 Å². The Bertz CT molecular complexity index is 138. The van der Waals surface area contributed by atoms with E-state index in [0.29, 0.717) is 19.0 Å². The second kappa shape index (κ2) is 5.50. The Labute approximate surface area is 79.1 Å². The molecule has 0 aliphatic carbocycles. The minimum Gasteiger partial charge on any atom is -0.325 e. The van der Waals surface area contributed by atoms with Crippen LogP contribution in [-0.4, -0.2) is 37.0 Å². The molecule has 0 unspecified atom stereocenters. The van der Waals surface area contributed by atoms with Crippen LogP contribution in [0.3, 0.4) is 0 Å². The van der Waals surface area contributed by atoms with Crippen LogP contribution in [0.1, 0.15) is 20.8 Å². The summed E-state index contributed by atoms with van der Waals surface area (Å²) in [6.45, 7) is 6.47. The van der Waals surface area contributed by atoms with Gasteiger partial charge in [0.05, 0.1) is 13.1 Å². The maximum Gasteiger partial charge on any atom is 0.272 e. The van der Waals surface area contributed by atoms with Gasteiger partial charge in [-0.2, -0.15) is 0 Å². The molecular formula is C9H20F2N2. The maximum atomic E-state index is 12.9. The summed E-state index contributed by atoms with van der Waals surface area (Å²) in [5.74, 6) is -2.33. The maximum absolute atomic E-state index is 12.9. The Kier molecular flexibility index (Phi) is 5.40. The van der Waals surface area contributed by atoms with Crippen LogP contribution in [0.15, 0.2) is 0 Å². The largest absolute Gasteiger partial charge is 0.325 e. The average Bonchev–Trinajstić information content (AvgIpc) is 2.02. The molecule has 4 heteroatoms. The predicted molar refractivity (Wildman–Crippen MR) is 51.0 cm³/mol. The van der Waals surface area contributed by atoms with Gasteiger partial charge in [0.25, 0.3) is 5.92 Å². The molecule has 0 aliphatic rings. The molecule has 0 saturated carbocycles. The molecule has 0 aromatic carbocycles. The Morgan fingerprint density at radius 2 is 1.92 bits per heavy atom. The molecular weight excluding hydrogens is 174 g/mol. The summed E-state index contributed by atoms with van der Waals surface area (Å²) in [6, 6.07) is 0. The summed E-state index contributed by atoms with van der Waals surface area (Å²) in [5.41, 5.74) is 4.96. The van der Waals surface area contributed by atoms with Gasteiger partial charge in [0.2, 0.25) is 0 Å². The fourth-order valence-electron chi connectivity index (χ4n) is 1.21. The second-order valence-corrected chi connectivity index (χ2v) is 3.78. The van der Waals surface area contributed by atoms with Gasteiger partial charge in [0, 0.05) is 6.54 Å². The van der Waals surface area contributed by atoms with Gasteiger partial charge in [-0.1, -0.05) is 20.8 Å². The van der Waals surface area contributed by atoms with Gasteiger partial charge in [-0.15, -0.1) is 0 Å². The number of nitrogens with two attached hydrogens (primary N) is 1. The van der Waals surface area contributed by atoms with Crippen LogP contribution in [0, 0.1) is 5.92 Å². The molecule has 0 aromatic rings. The Balaban J connectivity index is 3.97. The van der Waals surface area contributed by atoms with Crippen molar-refractivity contribution in [3.63, 3.8) is 0 Å². The molecule has 0 spiro atoms. The summed E-state index contributed by atoms with van der Waals surface area (Å²) < 4.78 is 25.7. The van der Waals surface area contributed by atoms with Crippen LogP contribution in [0.5, 0.6) is 0 Å². The number of alkyl halides is 2. The lowest BCUT2D eigenvalue weighted by molar-refractivity contribution is -0.0245. The molecule has 0 atom stereocenters. The highest BCUT2D eigenvalue weighted by atomic mass is 19.3. The van der Waals surface area contributed by atoms with E-state index in [-0.39, 0.29) is 6.54 Å². The molecule has 2 N–H and O–H groups in total. The quantitative estimate of drug-likeness (QED) is 0.695. The van der Waals surface area contributed by atoms with Crippen molar-refractivity contribution >= 4 is 0 Å². The monoisotopic (exact) mass is 194 g/mol. The topological polar surface area (TPSA) is 29.3 Å². The van der Waals surface area contributed by atoms with Gasteiger partial charge in [-0.05, 0) is 12.5 Å². The second-order valence-electron chi connectivity index (χ2n) is 3.78. The van der Waals surface area contributed by atoms with Crippen LogP contribution in [-0.2, 0) is 0 Å². The van der Waals surface area contributed by atoms with Crippen LogP contribution in [0.4, 0.5) is 8.78 Å². The van der Waals surface area contributed by atoms with Crippen molar-refractivity contribution in [3.8, 4) is 0 Å². The van der Waals surface area contributed by atoms with Crippen molar-refractivity contribution in [2.24, 2.45) is 11.7 Å². The Morgan fingerprint density at radius 1 is 1.38 bits per heavy atom. The van der Waals surface area contributed by atoms with Gasteiger partial charge in [-0.3, -0.25) is 4.90 Å². The molecule has 0 heterocycles. The van der Waals surface area contributed by atoms with Gasteiger partial charge in [0.15, 0.2) is 0 Å². The van der Waals surface area contributed by atoms with Crippen molar-refractivity contribution < 1.29 is 8.78 Å². The third kappa shape index (κ3) is 5.93. The average molecular weight is 194 g/mol. The first kappa shape index (κ1) is 12.8. The fraction of sp³-hybridized carbons (Fsp3) is 1.00. The summed E-state index contributed by atoms with van der Waals surface area (Å²) >= 11 is 0.